The average Bonchev–Trinajstić information content (AvgIpc) is 2.20. The van der Waals surface area contributed by atoms with E-state index in [0.717, 1.165) is 0 Å². The van der Waals surface area contributed by atoms with Crippen LogP contribution in [0, 0.1) is 11.8 Å². The SMILES string of the molecule is O=C(C#CCONCCO)NCCO. The predicted molar refractivity (Wildman–Crippen MR) is 48.9 cm³/mol. The first-order chi connectivity index (χ1) is 6.81. The molecule has 0 heterocycles. The van der Waals surface area contributed by atoms with Crippen LogP contribution in [0.25, 0.3) is 0 Å². The quantitative estimate of drug-likeness (QED) is 0.219. The van der Waals surface area contributed by atoms with E-state index >= 15 is 0 Å². The van der Waals surface area contributed by atoms with Crippen LogP contribution in [-0.2, 0) is 9.63 Å². The van der Waals surface area contributed by atoms with E-state index in [-0.39, 0.29) is 26.4 Å². The lowest BCUT2D eigenvalue weighted by Crippen LogP contribution is -2.25. The minimum absolute atomic E-state index is 0.0234. The van der Waals surface area contributed by atoms with Gasteiger partial charge in [-0.05, 0) is 5.92 Å². The smallest absolute Gasteiger partial charge is 0.296 e. The lowest BCUT2D eigenvalue weighted by atomic mass is 10.5. The van der Waals surface area contributed by atoms with Crippen molar-refractivity contribution in [1.82, 2.24) is 10.8 Å². The number of hydrogen-bond donors (Lipinski definition) is 4. The molecule has 0 spiro atoms. The Bertz CT molecular complexity index is 209. The van der Waals surface area contributed by atoms with Gasteiger partial charge in [0.25, 0.3) is 5.91 Å². The van der Waals surface area contributed by atoms with Crippen LogP contribution in [0.2, 0.25) is 0 Å². The highest BCUT2D eigenvalue weighted by atomic mass is 16.6. The number of carbonyl (C=O) groups is 1. The molecule has 0 fully saturated rings. The fourth-order valence-corrected chi connectivity index (χ4v) is 0.535. The standard InChI is InChI=1S/C8H14N2O4/c11-5-3-9-8(13)2-1-7-14-10-4-6-12/h10-12H,3-7H2,(H,9,13). The molecule has 0 aromatic heterocycles. The number of carbonyl (C=O) groups excluding carboxylic acids is 1. The highest BCUT2D eigenvalue weighted by Crippen LogP contribution is 1.66. The summed E-state index contributed by atoms with van der Waals surface area (Å²) >= 11 is 0. The number of aliphatic hydroxyl groups is 2. The summed E-state index contributed by atoms with van der Waals surface area (Å²) in [4.78, 5) is 15.5. The molecular weight excluding hydrogens is 188 g/mol. The maximum atomic E-state index is 10.8. The molecule has 0 rings (SSSR count). The van der Waals surface area contributed by atoms with Crippen LogP contribution in [0.4, 0.5) is 0 Å². The Morgan fingerprint density at radius 3 is 2.64 bits per heavy atom. The van der Waals surface area contributed by atoms with Crippen LogP contribution >= 0.6 is 0 Å². The number of amides is 1. The van der Waals surface area contributed by atoms with Gasteiger partial charge in [-0.3, -0.25) is 9.63 Å². The van der Waals surface area contributed by atoms with Gasteiger partial charge in [0.15, 0.2) is 0 Å². The number of hydrogen-bond acceptors (Lipinski definition) is 5. The summed E-state index contributed by atoms with van der Waals surface area (Å²) in [5.41, 5.74) is 2.43. The van der Waals surface area contributed by atoms with Crippen LogP contribution < -0.4 is 10.8 Å². The minimum Gasteiger partial charge on any atom is -0.395 e. The topological polar surface area (TPSA) is 90.8 Å². The zero-order valence-corrected chi connectivity index (χ0v) is 7.75. The largest absolute Gasteiger partial charge is 0.395 e. The summed E-state index contributed by atoms with van der Waals surface area (Å²) in [5.74, 6) is 4.24. The molecule has 0 saturated heterocycles. The summed E-state index contributed by atoms with van der Waals surface area (Å²) in [7, 11) is 0. The van der Waals surface area contributed by atoms with E-state index in [9.17, 15) is 4.79 Å². The second kappa shape index (κ2) is 9.95. The molecule has 0 aromatic rings. The first kappa shape index (κ1) is 12.9. The van der Waals surface area contributed by atoms with Crippen LogP contribution in [0.15, 0.2) is 0 Å². The molecule has 80 valence electrons. The van der Waals surface area contributed by atoms with Gasteiger partial charge in [-0.1, -0.05) is 5.92 Å². The molecule has 14 heavy (non-hydrogen) atoms. The molecular formula is C8H14N2O4. The fraction of sp³-hybridized carbons (Fsp3) is 0.625. The Kier molecular flexibility index (Phi) is 9.15. The maximum Gasteiger partial charge on any atom is 0.296 e. The van der Waals surface area contributed by atoms with Gasteiger partial charge in [-0.15, -0.1) is 0 Å². The van der Waals surface area contributed by atoms with Crippen molar-refractivity contribution in [1.29, 1.82) is 0 Å². The highest BCUT2D eigenvalue weighted by molar-refractivity contribution is 5.93. The van der Waals surface area contributed by atoms with Gasteiger partial charge in [0, 0.05) is 13.1 Å². The van der Waals surface area contributed by atoms with E-state index in [0.29, 0.717) is 6.54 Å². The summed E-state index contributed by atoms with van der Waals surface area (Å²) in [5, 5.41) is 19.1. The molecule has 0 aromatic carbocycles. The summed E-state index contributed by atoms with van der Waals surface area (Å²) in [6, 6.07) is 0. The van der Waals surface area contributed by atoms with Gasteiger partial charge in [0.2, 0.25) is 0 Å². The zero-order valence-electron chi connectivity index (χ0n) is 7.75. The van der Waals surface area contributed by atoms with Crippen LogP contribution in [0.1, 0.15) is 0 Å². The normalized spacial score (nSPS) is 9.00. The van der Waals surface area contributed by atoms with Crippen molar-refractivity contribution in [2.45, 2.75) is 0 Å². The van der Waals surface area contributed by atoms with E-state index < -0.39 is 5.91 Å². The molecule has 0 aliphatic heterocycles. The second-order valence-electron chi connectivity index (χ2n) is 2.19. The lowest BCUT2D eigenvalue weighted by Gasteiger charge is -1.98. The zero-order chi connectivity index (χ0) is 10.6. The monoisotopic (exact) mass is 202 g/mol. The average molecular weight is 202 g/mol. The molecule has 0 radical (unpaired) electrons. The third kappa shape index (κ3) is 8.96. The Labute approximate surface area is 82.2 Å². The second-order valence-corrected chi connectivity index (χ2v) is 2.19. The number of rotatable bonds is 6. The van der Waals surface area contributed by atoms with E-state index in [1.807, 2.05) is 0 Å². The summed E-state index contributed by atoms with van der Waals surface area (Å²) in [6.45, 7) is 0.439. The molecule has 0 unspecified atom stereocenters. The lowest BCUT2D eigenvalue weighted by molar-refractivity contribution is -0.115. The van der Waals surface area contributed by atoms with Crippen LogP contribution in [0.3, 0.4) is 0 Å². The molecule has 0 aliphatic rings. The van der Waals surface area contributed by atoms with Crippen molar-refractivity contribution in [2.24, 2.45) is 0 Å². The number of aliphatic hydroxyl groups excluding tert-OH is 2. The fourth-order valence-electron chi connectivity index (χ4n) is 0.535. The molecule has 0 bridgehead atoms. The van der Waals surface area contributed by atoms with Crippen molar-refractivity contribution in [2.75, 3.05) is 32.9 Å². The predicted octanol–water partition coefficient (Wildman–Crippen LogP) is -2.39. The minimum atomic E-state index is -0.454. The third-order valence-corrected chi connectivity index (χ3v) is 1.06. The van der Waals surface area contributed by atoms with Crippen LogP contribution in [-0.4, -0.2) is 49.0 Å². The van der Waals surface area contributed by atoms with E-state index in [4.69, 9.17) is 15.1 Å². The first-order valence-electron chi connectivity index (χ1n) is 4.14. The van der Waals surface area contributed by atoms with Crippen molar-refractivity contribution in [3.8, 4) is 11.8 Å². The number of nitrogens with one attached hydrogen (secondary N) is 2. The van der Waals surface area contributed by atoms with E-state index in [1.54, 1.807) is 0 Å². The third-order valence-electron chi connectivity index (χ3n) is 1.06. The van der Waals surface area contributed by atoms with Gasteiger partial charge >= 0.3 is 0 Å². The number of hydroxylamine groups is 1. The van der Waals surface area contributed by atoms with Gasteiger partial charge in [-0.2, -0.15) is 5.48 Å². The first-order valence-corrected chi connectivity index (χ1v) is 4.14. The highest BCUT2D eigenvalue weighted by Gasteiger charge is 1.91. The maximum absolute atomic E-state index is 10.8. The summed E-state index contributed by atoms with van der Waals surface area (Å²) in [6.07, 6.45) is 0. The Morgan fingerprint density at radius 2 is 2.00 bits per heavy atom. The molecule has 0 aliphatic carbocycles. The Hall–Kier alpha value is -1.13. The van der Waals surface area contributed by atoms with Crippen molar-refractivity contribution in [3.63, 3.8) is 0 Å². The molecule has 0 atom stereocenters. The summed E-state index contributed by atoms with van der Waals surface area (Å²) < 4.78 is 0. The van der Waals surface area contributed by atoms with Gasteiger partial charge in [0.05, 0.1) is 13.2 Å². The molecule has 4 N–H and O–H groups in total. The van der Waals surface area contributed by atoms with Crippen molar-refractivity contribution >= 4 is 5.91 Å². The Morgan fingerprint density at radius 1 is 1.29 bits per heavy atom. The van der Waals surface area contributed by atoms with E-state index in [2.05, 4.69) is 22.6 Å². The molecule has 6 nitrogen and oxygen atoms in total. The van der Waals surface area contributed by atoms with Gasteiger partial charge < -0.3 is 15.5 Å². The van der Waals surface area contributed by atoms with Crippen molar-refractivity contribution in [3.05, 3.63) is 0 Å². The molecule has 1 amide bonds. The van der Waals surface area contributed by atoms with Gasteiger partial charge in [0.1, 0.15) is 6.61 Å². The van der Waals surface area contributed by atoms with E-state index in [1.165, 1.54) is 0 Å². The van der Waals surface area contributed by atoms with Gasteiger partial charge in [-0.25, -0.2) is 0 Å². The molecule has 0 saturated carbocycles. The molecule has 6 heteroatoms. The van der Waals surface area contributed by atoms with Crippen LogP contribution in [0.5, 0.6) is 0 Å². The Balaban J connectivity index is 3.36. The van der Waals surface area contributed by atoms with Crippen molar-refractivity contribution < 1.29 is 19.8 Å².